The van der Waals surface area contributed by atoms with Crippen molar-refractivity contribution in [2.45, 2.75) is 38.9 Å². The molecule has 0 aliphatic carbocycles. The number of fused-ring (bicyclic) bond motifs is 1. The van der Waals surface area contributed by atoms with E-state index < -0.39 is 6.04 Å². The summed E-state index contributed by atoms with van der Waals surface area (Å²) in [7, 11) is 0. The predicted molar refractivity (Wildman–Crippen MR) is 117 cm³/mol. The van der Waals surface area contributed by atoms with Gasteiger partial charge in [0.2, 0.25) is 18.6 Å². The fraction of sp³-hybridized carbons (Fsp3) is 0.292. The first-order chi connectivity index (χ1) is 15.5. The van der Waals surface area contributed by atoms with Crippen molar-refractivity contribution < 1.29 is 19.1 Å². The van der Waals surface area contributed by atoms with E-state index >= 15 is 0 Å². The molecule has 2 aromatic carbocycles. The molecule has 8 heteroatoms. The smallest absolute Gasteiger partial charge is 0.248 e. The van der Waals surface area contributed by atoms with Gasteiger partial charge in [-0.15, -0.1) is 0 Å². The van der Waals surface area contributed by atoms with Crippen molar-refractivity contribution in [3.05, 3.63) is 71.4 Å². The molecule has 1 atom stereocenters. The van der Waals surface area contributed by atoms with E-state index in [2.05, 4.69) is 41.6 Å². The van der Waals surface area contributed by atoms with E-state index in [1.165, 1.54) is 5.56 Å². The number of hydrogen-bond donors (Lipinski definition) is 1. The van der Waals surface area contributed by atoms with Crippen molar-refractivity contribution in [2.24, 2.45) is 0 Å². The number of anilines is 1. The lowest BCUT2D eigenvalue weighted by molar-refractivity contribution is -0.133. The highest BCUT2D eigenvalue weighted by Crippen LogP contribution is 2.33. The van der Waals surface area contributed by atoms with E-state index in [1.807, 2.05) is 24.4 Å². The van der Waals surface area contributed by atoms with Crippen LogP contribution in [0.4, 0.5) is 5.82 Å². The fourth-order valence-corrected chi connectivity index (χ4v) is 4.05. The highest BCUT2D eigenvalue weighted by molar-refractivity contribution is 5.98. The Balaban J connectivity index is 1.24. The Labute approximate surface area is 185 Å². The largest absolute Gasteiger partial charge is 0.454 e. The van der Waals surface area contributed by atoms with Gasteiger partial charge in [0.05, 0.1) is 6.54 Å². The molecule has 2 aliphatic rings. The molecule has 8 nitrogen and oxygen atoms in total. The summed E-state index contributed by atoms with van der Waals surface area (Å²) in [4.78, 5) is 27.1. The Kier molecular flexibility index (Phi) is 5.26. The number of carbonyl (C=O) groups is 2. The molecule has 1 unspecified atom stereocenters. The van der Waals surface area contributed by atoms with Gasteiger partial charge in [-0.05, 0) is 36.6 Å². The summed E-state index contributed by atoms with van der Waals surface area (Å²) >= 11 is 0. The van der Waals surface area contributed by atoms with Crippen LogP contribution in [0, 0.1) is 6.92 Å². The van der Waals surface area contributed by atoms with E-state index in [4.69, 9.17) is 9.47 Å². The average Bonchev–Trinajstić information content (AvgIpc) is 3.51. The minimum Gasteiger partial charge on any atom is -0.454 e. The number of nitrogens with zero attached hydrogens (tertiary/aromatic N) is 3. The molecule has 0 spiro atoms. The Bertz CT molecular complexity index is 1160. The number of aryl methyl sites for hydroxylation is 1. The van der Waals surface area contributed by atoms with E-state index in [9.17, 15) is 9.59 Å². The minimum atomic E-state index is -0.532. The Morgan fingerprint density at radius 1 is 1.06 bits per heavy atom. The third-order valence-electron chi connectivity index (χ3n) is 5.78. The number of hydrogen-bond acceptors (Lipinski definition) is 5. The van der Waals surface area contributed by atoms with Crippen molar-refractivity contribution in [3.63, 3.8) is 0 Å². The van der Waals surface area contributed by atoms with Gasteiger partial charge in [-0.25, -0.2) is 0 Å². The van der Waals surface area contributed by atoms with Gasteiger partial charge in [-0.1, -0.05) is 35.9 Å². The number of nitrogens with one attached hydrogen (secondary N) is 1. The van der Waals surface area contributed by atoms with Gasteiger partial charge in [-0.2, -0.15) is 5.10 Å². The maximum Gasteiger partial charge on any atom is 0.248 e. The summed E-state index contributed by atoms with van der Waals surface area (Å²) in [6.45, 7) is 3.21. The second-order valence-electron chi connectivity index (χ2n) is 8.14. The molecular formula is C24H24N4O4. The summed E-state index contributed by atoms with van der Waals surface area (Å²) in [6, 6.07) is 15.1. The van der Waals surface area contributed by atoms with E-state index in [-0.39, 0.29) is 18.6 Å². The van der Waals surface area contributed by atoms with Crippen LogP contribution < -0.4 is 14.8 Å². The zero-order valence-electron chi connectivity index (χ0n) is 17.8. The monoisotopic (exact) mass is 432 g/mol. The van der Waals surface area contributed by atoms with Gasteiger partial charge in [0.15, 0.2) is 17.3 Å². The summed E-state index contributed by atoms with van der Waals surface area (Å²) in [5.41, 5.74) is 3.23. The average molecular weight is 432 g/mol. The third-order valence-corrected chi connectivity index (χ3v) is 5.78. The van der Waals surface area contributed by atoms with E-state index in [1.54, 1.807) is 15.6 Å². The van der Waals surface area contributed by atoms with Crippen LogP contribution >= 0.6 is 0 Å². The van der Waals surface area contributed by atoms with Gasteiger partial charge < -0.3 is 19.7 Å². The van der Waals surface area contributed by atoms with Crippen LogP contribution in [0.5, 0.6) is 11.5 Å². The molecule has 5 rings (SSSR count). The lowest BCUT2D eigenvalue weighted by atomic mass is 10.1. The lowest BCUT2D eigenvalue weighted by Gasteiger charge is -2.24. The molecule has 1 saturated heterocycles. The van der Waals surface area contributed by atoms with Crippen LogP contribution in [0.25, 0.3) is 0 Å². The maximum absolute atomic E-state index is 13.0. The standard InChI is InChI=1S/C24H24N4O4/c1-16-2-4-17(5-3-16)13-27-11-10-22(26-27)25-24(30)19-7-9-23(29)28(19)14-18-6-8-20-21(12-18)32-15-31-20/h2-6,8,10-12,19H,7,9,13-15H2,1H3,(H,25,26,30). The predicted octanol–water partition coefficient (Wildman–Crippen LogP) is 3.10. The number of carbonyl (C=O) groups excluding carboxylic acids is 2. The molecule has 32 heavy (non-hydrogen) atoms. The summed E-state index contributed by atoms with van der Waals surface area (Å²) < 4.78 is 12.5. The molecule has 1 fully saturated rings. The Morgan fingerprint density at radius 3 is 2.69 bits per heavy atom. The van der Waals surface area contributed by atoms with Crippen molar-refractivity contribution in [3.8, 4) is 11.5 Å². The third kappa shape index (κ3) is 4.16. The van der Waals surface area contributed by atoms with Gasteiger partial charge >= 0.3 is 0 Å². The maximum atomic E-state index is 13.0. The van der Waals surface area contributed by atoms with Gasteiger partial charge in [-0.3, -0.25) is 14.3 Å². The molecule has 2 amide bonds. The molecule has 164 valence electrons. The zero-order valence-corrected chi connectivity index (χ0v) is 17.8. The van der Waals surface area contributed by atoms with Crippen LogP contribution in [0.2, 0.25) is 0 Å². The van der Waals surface area contributed by atoms with Gasteiger partial charge in [0.25, 0.3) is 0 Å². The van der Waals surface area contributed by atoms with E-state index in [0.29, 0.717) is 43.2 Å². The highest BCUT2D eigenvalue weighted by Gasteiger charge is 2.36. The van der Waals surface area contributed by atoms with E-state index in [0.717, 1.165) is 11.1 Å². The summed E-state index contributed by atoms with van der Waals surface area (Å²) in [5, 5.41) is 7.33. The SMILES string of the molecule is Cc1ccc(Cn2ccc(NC(=O)C3CCC(=O)N3Cc3ccc4c(c3)OCO4)n2)cc1. The van der Waals surface area contributed by atoms with Crippen LogP contribution in [-0.4, -0.2) is 39.3 Å². The summed E-state index contributed by atoms with van der Waals surface area (Å²) in [5.74, 6) is 1.57. The number of amides is 2. The first-order valence-electron chi connectivity index (χ1n) is 10.6. The Morgan fingerprint density at radius 2 is 1.84 bits per heavy atom. The van der Waals surface area contributed by atoms with Crippen LogP contribution in [0.3, 0.4) is 0 Å². The topological polar surface area (TPSA) is 85.7 Å². The van der Waals surface area contributed by atoms with Gasteiger partial charge in [0.1, 0.15) is 6.04 Å². The molecule has 1 aromatic heterocycles. The van der Waals surface area contributed by atoms with Crippen molar-refractivity contribution in [1.29, 1.82) is 0 Å². The zero-order chi connectivity index (χ0) is 22.1. The molecule has 3 heterocycles. The normalized spacial score (nSPS) is 17.1. The molecule has 0 bridgehead atoms. The number of rotatable bonds is 6. The molecular weight excluding hydrogens is 408 g/mol. The Hall–Kier alpha value is -3.81. The number of aromatic nitrogens is 2. The van der Waals surface area contributed by atoms with Crippen molar-refractivity contribution in [2.75, 3.05) is 12.1 Å². The lowest BCUT2D eigenvalue weighted by Crippen LogP contribution is -2.41. The first-order valence-corrected chi connectivity index (χ1v) is 10.6. The van der Waals surface area contributed by atoms with Crippen LogP contribution in [0.1, 0.15) is 29.5 Å². The number of ether oxygens (including phenoxy) is 2. The molecule has 0 saturated carbocycles. The molecule has 3 aromatic rings. The van der Waals surface area contributed by atoms with Crippen molar-refractivity contribution in [1.82, 2.24) is 14.7 Å². The molecule has 1 N–H and O–H groups in total. The molecule has 2 aliphatic heterocycles. The van der Waals surface area contributed by atoms with Gasteiger partial charge in [0, 0.05) is 25.2 Å². The van der Waals surface area contributed by atoms with Crippen LogP contribution in [0.15, 0.2) is 54.7 Å². The summed E-state index contributed by atoms with van der Waals surface area (Å²) in [6.07, 6.45) is 2.67. The first kappa shape index (κ1) is 20.1. The quantitative estimate of drug-likeness (QED) is 0.647. The number of benzene rings is 2. The second-order valence-corrected chi connectivity index (χ2v) is 8.14. The highest BCUT2D eigenvalue weighted by atomic mass is 16.7. The van der Waals surface area contributed by atoms with Crippen LogP contribution in [-0.2, 0) is 22.7 Å². The minimum absolute atomic E-state index is 0.0345. The number of likely N-dealkylation sites (tertiary alicyclic amines) is 1. The van der Waals surface area contributed by atoms with Crippen molar-refractivity contribution >= 4 is 17.6 Å². The second kappa shape index (κ2) is 8.37. The molecule has 0 radical (unpaired) electrons. The fourth-order valence-electron chi connectivity index (χ4n) is 4.05.